The van der Waals surface area contributed by atoms with Crippen LogP contribution in [0, 0.1) is 0 Å². The summed E-state index contributed by atoms with van der Waals surface area (Å²) in [7, 11) is -1.83. The van der Waals surface area contributed by atoms with E-state index in [1.54, 1.807) is 12.1 Å². The molecule has 0 saturated carbocycles. The Kier molecular flexibility index (Phi) is 3.92. The van der Waals surface area contributed by atoms with E-state index in [0.717, 1.165) is 28.8 Å². The van der Waals surface area contributed by atoms with Gasteiger partial charge < -0.3 is 4.90 Å². The molecule has 27 heavy (non-hydrogen) atoms. The summed E-state index contributed by atoms with van der Waals surface area (Å²) in [5.74, 6) is 0. The van der Waals surface area contributed by atoms with E-state index in [2.05, 4.69) is 14.9 Å². The second-order valence-electron chi connectivity index (χ2n) is 6.31. The third-order valence-electron chi connectivity index (χ3n) is 4.56. The van der Waals surface area contributed by atoms with Gasteiger partial charge in [0.15, 0.2) is 0 Å². The van der Waals surface area contributed by atoms with E-state index in [1.807, 2.05) is 18.0 Å². The fourth-order valence-electron chi connectivity index (χ4n) is 3.12. The number of fused-ring (bicyclic) bond motifs is 1. The summed E-state index contributed by atoms with van der Waals surface area (Å²) in [5, 5.41) is 4.38. The van der Waals surface area contributed by atoms with Crippen LogP contribution >= 0.6 is 0 Å². The van der Waals surface area contributed by atoms with Crippen molar-refractivity contribution in [2.75, 3.05) is 23.2 Å². The molecule has 9 nitrogen and oxygen atoms in total. The van der Waals surface area contributed by atoms with Crippen LogP contribution in [-0.4, -0.2) is 36.8 Å². The molecule has 0 saturated heterocycles. The maximum Gasteiger partial charge on any atom is 0.348 e. The number of hydrogen-bond donors (Lipinski definition) is 3. The summed E-state index contributed by atoms with van der Waals surface area (Å²) in [6.07, 6.45) is 0.901. The highest BCUT2D eigenvalue weighted by atomic mass is 32.2. The molecular weight excluding hydrogens is 370 g/mol. The molecule has 0 radical (unpaired) electrons. The molecule has 0 amide bonds. The summed E-state index contributed by atoms with van der Waals surface area (Å²) in [6, 6.07) is 11.0. The summed E-state index contributed by atoms with van der Waals surface area (Å²) in [6.45, 7) is 0.866. The summed E-state index contributed by atoms with van der Waals surface area (Å²) >= 11 is 0. The van der Waals surface area contributed by atoms with Crippen LogP contribution in [0.4, 0.5) is 11.4 Å². The molecule has 2 heterocycles. The van der Waals surface area contributed by atoms with Crippen molar-refractivity contribution in [3.63, 3.8) is 0 Å². The molecule has 1 aliphatic rings. The number of H-pyrrole nitrogens is 2. The number of aromatic amines is 2. The molecule has 2 aromatic carbocycles. The summed E-state index contributed by atoms with van der Waals surface area (Å²) in [5.41, 5.74) is 1.49. The first-order chi connectivity index (χ1) is 12.8. The Balaban J connectivity index is 1.61. The van der Waals surface area contributed by atoms with Crippen LogP contribution in [0.15, 0.2) is 56.9 Å². The van der Waals surface area contributed by atoms with Crippen molar-refractivity contribution >= 4 is 21.4 Å². The van der Waals surface area contributed by atoms with Crippen molar-refractivity contribution < 1.29 is 8.42 Å². The highest BCUT2D eigenvalue weighted by Gasteiger charge is 2.21. The van der Waals surface area contributed by atoms with E-state index in [1.165, 1.54) is 24.3 Å². The van der Waals surface area contributed by atoms with Gasteiger partial charge in [0.1, 0.15) is 0 Å². The fraction of sp³-hybridized carbons (Fsp3) is 0.176. The minimum atomic E-state index is -3.76. The molecule has 0 unspecified atom stereocenters. The third kappa shape index (κ3) is 3.04. The van der Waals surface area contributed by atoms with Crippen LogP contribution in [0.25, 0.3) is 5.69 Å². The van der Waals surface area contributed by atoms with Crippen LogP contribution in [0.5, 0.6) is 0 Å². The van der Waals surface area contributed by atoms with Gasteiger partial charge in [-0.15, -0.1) is 0 Å². The lowest BCUT2D eigenvalue weighted by molar-refractivity contribution is 0.601. The van der Waals surface area contributed by atoms with Gasteiger partial charge in [0.05, 0.1) is 10.6 Å². The first-order valence-corrected chi connectivity index (χ1v) is 9.70. The maximum atomic E-state index is 12.7. The lowest BCUT2D eigenvalue weighted by Gasteiger charge is -2.14. The summed E-state index contributed by atoms with van der Waals surface area (Å²) < 4.78 is 28.8. The number of likely N-dealkylation sites (N-methyl/N-ethyl adjacent to an activating group) is 1. The molecule has 3 N–H and O–H groups in total. The predicted octanol–water partition coefficient (Wildman–Crippen LogP) is 0.647. The fourth-order valence-corrected chi connectivity index (χ4v) is 4.20. The van der Waals surface area contributed by atoms with E-state index >= 15 is 0 Å². The average molecular weight is 387 g/mol. The van der Waals surface area contributed by atoms with Gasteiger partial charge in [0, 0.05) is 25.0 Å². The highest BCUT2D eigenvalue weighted by molar-refractivity contribution is 7.92. The molecule has 4 rings (SSSR count). The Morgan fingerprint density at radius 1 is 1.00 bits per heavy atom. The Morgan fingerprint density at radius 2 is 1.67 bits per heavy atom. The van der Waals surface area contributed by atoms with Crippen LogP contribution in [0.1, 0.15) is 5.56 Å². The minimum Gasteiger partial charge on any atom is -0.374 e. The van der Waals surface area contributed by atoms with E-state index < -0.39 is 21.4 Å². The topological polar surface area (TPSA) is 120 Å². The van der Waals surface area contributed by atoms with Gasteiger partial charge in [-0.25, -0.2) is 32.8 Å². The largest absolute Gasteiger partial charge is 0.374 e. The lowest BCUT2D eigenvalue weighted by atomic mass is 10.2. The number of anilines is 2. The second-order valence-corrected chi connectivity index (χ2v) is 7.99. The Bertz CT molecular complexity index is 1190. The quantitative estimate of drug-likeness (QED) is 0.607. The molecule has 1 aromatic heterocycles. The van der Waals surface area contributed by atoms with Gasteiger partial charge >= 0.3 is 11.4 Å². The number of nitrogens with one attached hydrogen (secondary N) is 3. The zero-order chi connectivity index (χ0) is 19.2. The molecule has 0 fully saturated rings. The normalized spacial score (nSPS) is 13.6. The van der Waals surface area contributed by atoms with Gasteiger partial charge in [-0.1, -0.05) is 6.07 Å². The van der Waals surface area contributed by atoms with Crippen LogP contribution in [0.3, 0.4) is 0 Å². The van der Waals surface area contributed by atoms with Gasteiger partial charge in [-0.2, -0.15) is 0 Å². The molecular formula is C17H17N5O4S. The van der Waals surface area contributed by atoms with Gasteiger partial charge in [0.2, 0.25) is 0 Å². The van der Waals surface area contributed by atoms with Gasteiger partial charge in [-0.3, -0.25) is 4.72 Å². The number of aromatic nitrogens is 3. The molecule has 0 atom stereocenters. The van der Waals surface area contributed by atoms with Gasteiger partial charge in [0.25, 0.3) is 10.0 Å². The molecule has 0 bridgehead atoms. The third-order valence-corrected chi connectivity index (χ3v) is 5.93. The monoisotopic (exact) mass is 387 g/mol. The first kappa shape index (κ1) is 17.2. The predicted molar refractivity (Wildman–Crippen MR) is 101 cm³/mol. The first-order valence-electron chi connectivity index (χ1n) is 8.22. The van der Waals surface area contributed by atoms with Gasteiger partial charge in [-0.05, 0) is 48.4 Å². The smallest absolute Gasteiger partial charge is 0.348 e. The summed E-state index contributed by atoms with van der Waals surface area (Å²) in [4.78, 5) is 25.4. The molecule has 140 valence electrons. The van der Waals surface area contributed by atoms with Crippen molar-refractivity contribution in [1.82, 2.24) is 14.8 Å². The molecule has 3 aromatic rings. The Hall–Kier alpha value is -3.27. The van der Waals surface area contributed by atoms with Crippen molar-refractivity contribution in [3.05, 3.63) is 69.0 Å². The molecule has 0 aliphatic carbocycles. The van der Waals surface area contributed by atoms with Crippen molar-refractivity contribution in [2.24, 2.45) is 0 Å². The van der Waals surface area contributed by atoms with Crippen LogP contribution in [0.2, 0.25) is 0 Å². The highest BCUT2D eigenvalue weighted by Crippen LogP contribution is 2.30. The zero-order valence-electron chi connectivity index (χ0n) is 14.4. The standard InChI is InChI=1S/C17H17N5O4S/c1-21-9-8-11-2-7-14(10-15(11)21)27(25,26)20-12-3-5-13(6-4-12)22-16(23)18-19-17(22)24/h2-7,10,20H,8-9H2,1H3,(H,18,23)(H,19,24). The van der Waals surface area contributed by atoms with E-state index in [9.17, 15) is 18.0 Å². The van der Waals surface area contributed by atoms with E-state index in [0.29, 0.717) is 11.4 Å². The number of benzene rings is 2. The van der Waals surface area contributed by atoms with Crippen LogP contribution in [-0.2, 0) is 16.4 Å². The number of sulfonamides is 1. The Morgan fingerprint density at radius 3 is 2.33 bits per heavy atom. The molecule has 1 aliphatic heterocycles. The van der Waals surface area contributed by atoms with Crippen LogP contribution < -0.4 is 21.0 Å². The van der Waals surface area contributed by atoms with Crippen molar-refractivity contribution in [2.45, 2.75) is 11.3 Å². The SMILES string of the molecule is CN1CCc2ccc(S(=O)(=O)Nc3ccc(-n4c(=O)[nH][nH]c4=O)cc3)cc21. The van der Waals surface area contributed by atoms with E-state index in [-0.39, 0.29) is 4.90 Å². The van der Waals surface area contributed by atoms with Crippen molar-refractivity contribution in [1.29, 1.82) is 0 Å². The maximum absolute atomic E-state index is 12.7. The van der Waals surface area contributed by atoms with E-state index in [4.69, 9.17) is 0 Å². The minimum absolute atomic E-state index is 0.178. The molecule has 0 spiro atoms. The zero-order valence-corrected chi connectivity index (χ0v) is 15.2. The number of nitrogens with zero attached hydrogens (tertiary/aromatic N) is 2. The number of rotatable bonds is 4. The number of hydrogen-bond acceptors (Lipinski definition) is 5. The molecule has 10 heteroatoms. The Labute approximate surface area is 154 Å². The lowest BCUT2D eigenvalue weighted by Crippen LogP contribution is -2.24. The van der Waals surface area contributed by atoms with Crippen molar-refractivity contribution in [3.8, 4) is 5.69 Å². The average Bonchev–Trinajstić information content (AvgIpc) is 3.18. The second kappa shape index (κ2) is 6.16.